The second-order valence-corrected chi connectivity index (χ2v) is 4.57. The highest BCUT2D eigenvalue weighted by molar-refractivity contribution is 5.63. The largest absolute Gasteiger partial charge is 0.416 e. The summed E-state index contributed by atoms with van der Waals surface area (Å²) in [4.78, 5) is 5.16. The molecule has 0 saturated carbocycles. The van der Waals surface area contributed by atoms with Gasteiger partial charge in [0.2, 0.25) is 0 Å². The molecule has 22 heavy (non-hydrogen) atoms. The summed E-state index contributed by atoms with van der Waals surface area (Å²) in [6, 6.07) is 4.90. The zero-order valence-corrected chi connectivity index (χ0v) is 12.5. The Morgan fingerprint density at radius 2 is 1.91 bits per heavy atom. The summed E-state index contributed by atoms with van der Waals surface area (Å²) in [5.74, 6) is 0. The molecule has 124 valence electrons. The van der Waals surface area contributed by atoms with Gasteiger partial charge in [0.15, 0.2) is 0 Å². The minimum Gasteiger partial charge on any atom is -0.385 e. The van der Waals surface area contributed by atoms with Crippen molar-refractivity contribution in [3.63, 3.8) is 0 Å². The summed E-state index contributed by atoms with van der Waals surface area (Å²) in [6.45, 7) is 1.26. The van der Waals surface area contributed by atoms with E-state index < -0.39 is 11.7 Å². The number of methoxy groups -OCH3 is 1. The van der Waals surface area contributed by atoms with Gasteiger partial charge in [-0.1, -0.05) is 18.2 Å². The molecule has 0 aliphatic heterocycles. The SMILES string of the molecule is COCCCC=C(NOCCN)c1ccc(C(F)(F)F)cc1. The van der Waals surface area contributed by atoms with Crippen molar-refractivity contribution in [2.45, 2.75) is 19.0 Å². The maximum Gasteiger partial charge on any atom is 0.416 e. The van der Waals surface area contributed by atoms with Crippen LogP contribution in [0.1, 0.15) is 24.0 Å². The molecule has 0 aromatic heterocycles. The number of ether oxygens (including phenoxy) is 1. The zero-order chi connectivity index (χ0) is 16.4. The third kappa shape index (κ3) is 6.46. The molecule has 0 radical (unpaired) electrons. The number of nitrogens with one attached hydrogen (secondary N) is 1. The van der Waals surface area contributed by atoms with Gasteiger partial charge in [0.25, 0.3) is 0 Å². The number of halogens is 3. The first-order valence-corrected chi connectivity index (χ1v) is 6.93. The fourth-order valence-corrected chi connectivity index (χ4v) is 1.72. The molecule has 4 nitrogen and oxygen atoms in total. The predicted octanol–water partition coefficient (Wildman–Crippen LogP) is 2.95. The highest BCUT2D eigenvalue weighted by Gasteiger charge is 2.30. The lowest BCUT2D eigenvalue weighted by atomic mass is 10.1. The topological polar surface area (TPSA) is 56.5 Å². The molecule has 0 saturated heterocycles. The Kier molecular flexibility index (Phi) is 7.94. The van der Waals surface area contributed by atoms with E-state index in [1.807, 2.05) is 6.08 Å². The number of rotatable bonds is 9. The highest BCUT2D eigenvalue weighted by Crippen LogP contribution is 2.29. The molecular weight excluding hydrogens is 297 g/mol. The number of allylic oxidation sites excluding steroid dienone is 1. The molecule has 0 atom stereocenters. The van der Waals surface area contributed by atoms with E-state index in [0.29, 0.717) is 37.4 Å². The first-order chi connectivity index (χ1) is 10.5. The van der Waals surface area contributed by atoms with E-state index in [-0.39, 0.29) is 0 Å². The third-order valence-electron chi connectivity index (χ3n) is 2.83. The third-order valence-corrected chi connectivity index (χ3v) is 2.83. The van der Waals surface area contributed by atoms with Gasteiger partial charge in [-0.05, 0) is 30.5 Å². The van der Waals surface area contributed by atoms with Gasteiger partial charge in [-0.15, -0.1) is 0 Å². The molecule has 1 aromatic carbocycles. The molecule has 0 spiro atoms. The molecule has 1 rings (SSSR count). The first kappa shape index (κ1) is 18.5. The molecule has 3 N–H and O–H groups in total. The quantitative estimate of drug-likeness (QED) is 0.543. The number of nitrogens with two attached hydrogens (primary N) is 1. The first-order valence-electron chi connectivity index (χ1n) is 6.93. The van der Waals surface area contributed by atoms with Crippen molar-refractivity contribution in [3.05, 3.63) is 41.5 Å². The van der Waals surface area contributed by atoms with Crippen LogP contribution >= 0.6 is 0 Å². The lowest BCUT2D eigenvalue weighted by Crippen LogP contribution is -2.19. The molecule has 0 heterocycles. The standard InChI is InChI=1S/C15H21F3N2O2/c1-21-10-3-2-4-14(20-22-11-9-19)12-5-7-13(8-6-12)15(16,17)18/h4-8,20H,2-3,9-11,19H2,1H3. The Labute approximate surface area is 128 Å². The van der Waals surface area contributed by atoms with E-state index in [4.69, 9.17) is 15.3 Å². The van der Waals surface area contributed by atoms with Gasteiger partial charge in [0, 0.05) is 20.3 Å². The Bertz CT molecular complexity index is 459. The average Bonchev–Trinajstić information content (AvgIpc) is 2.49. The van der Waals surface area contributed by atoms with Crippen molar-refractivity contribution in [3.8, 4) is 0 Å². The van der Waals surface area contributed by atoms with Crippen molar-refractivity contribution >= 4 is 5.70 Å². The molecule has 0 unspecified atom stereocenters. The Morgan fingerprint density at radius 3 is 2.45 bits per heavy atom. The molecule has 0 amide bonds. The Morgan fingerprint density at radius 1 is 1.23 bits per heavy atom. The lowest BCUT2D eigenvalue weighted by molar-refractivity contribution is -0.137. The summed E-state index contributed by atoms with van der Waals surface area (Å²) in [5, 5.41) is 0. The summed E-state index contributed by atoms with van der Waals surface area (Å²) in [7, 11) is 1.61. The van der Waals surface area contributed by atoms with E-state index in [9.17, 15) is 13.2 Å². The molecule has 0 aliphatic carbocycles. The number of alkyl halides is 3. The van der Waals surface area contributed by atoms with Crippen LogP contribution in [0.4, 0.5) is 13.2 Å². The Balaban J connectivity index is 2.80. The minimum atomic E-state index is -4.34. The normalized spacial score (nSPS) is 12.5. The molecule has 0 bridgehead atoms. The van der Waals surface area contributed by atoms with Crippen LogP contribution in [0.25, 0.3) is 5.70 Å². The highest BCUT2D eigenvalue weighted by atomic mass is 19.4. The van der Waals surface area contributed by atoms with Gasteiger partial charge < -0.3 is 10.5 Å². The maximum absolute atomic E-state index is 12.6. The maximum atomic E-state index is 12.6. The second kappa shape index (κ2) is 9.45. The van der Waals surface area contributed by atoms with Crippen molar-refractivity contribution in [1.29, 1.82) is 0 Å². The van der Waals surface area contributed by atoms with Gasteiger partial charge in [-0.25, -0.2) is 0 Å². The van der Waals surface area contributed by atoms with Crippen LogP contribution in [0.3, 0.4) is 0 Å². The van der Waals surface area contributed by atoms with Crippen LogP contribution < -0.4 is 11.2 Å². The number of hydrogen-bond donors (Lipinski definition) is 2. The number of unbranched alkanes of at least 4 members (excludes halogenated alkanes) is 1. The van der Waals surface area contributed by atoms with E-state index >= 15 is 0 Å². The van der Waals surface area contributed by atoms with Crippen LogP contribution in [-0.4, -0.2) is 26.9 Å². The van der Waals surface area contributed by atoms with E-state index in [0.717, 1.165) is 18.6 Å². The summed E-state index contributed by atoms with van der Waals surface area (Å²) in [6.07, 6.45) is -0.967. The van der Waals surface area contributed by atoms with Crippen LogP contribution in [0.2, 0.25) is 0 Å². The van der Waals surface area contributed by atoms with Gasteiger partial charge in [0.05, 0.1) is 17.9 Å². The van der Waals surface area contributed by atoms with Crippen molar-refractivity contribution < 1.29 is 22.7 Å². The number of benzene rings is 1. The smallest absolute Gasteiger partial charge is 0.385 e. The molecule has 0 fully saturated rings. The van der Waals surface area contributed by atoms with E-state index in [1.54, 1.807) is 7.11 Å². The van der Waals surface area contributed by atoms with E-state index in [1.165, 1.54) is 12.1 Å². The van der Waals surface area contributed by atoms with Gasteiger partial charge in [-0.2, -0.15) is 13.2 Å². The minimum absolute atomic E-state index is 0.302. The predicted molar refractivity (Wildman–Crippen MR) is 78.7 cm³/mol. The van der Waals surface area contributed by atoms with Crippen LogP contribution in [0.15, 0.2) is 30.3 Å². The second-order valence-electron chi connectivity index (χ2n) is 4.57. The summed E-state index contributed by atoms with van der Waals surface area (Å²) in [5.41, 5.74) is 8.61. The number of hydroxylamine groups is 1. The van der Waals surface area contributed by atoms with Gasteiger partial charge in [0.1, 0.15) is 0 Å². The summed E-state index contributed by atoms with van der Waals surface area (Å²) >= 11 is 0. The molecule has 1 aromatic rings. The van der Waals surface area contributed by atoms with Crippen molar-refractivity contribution in [1.82, 2.24) is 5.48 Å². The van der Waals surface area contributed by atoms with Crippen LogP contribution in [0, 0.1) is 0 Å². The molecule has 0 aliphatic rings. The van der Waals surface area contributed by atoms with Gasteiger partial charge in [-0.3, -0.25) is 10.3 Å². The Hall–Kier alpha value is -1.57. The van der Waals surface area contributed by atoms with Crippen molar-refractivity contribution in [2.75, 3.05) is 26.9 Å². The fraction of sp³-hybridized carbons (Fsp3) is 0.467. The molecule has 7 heteroatoms. The zero-order valence-electron chi connectivity index (χ0n) is 12.5. The lowest BCUT2D eigenvalue weighted by Gasteiger charge is -2.13. The van der Waals surface area contributed by atoms with Gasteiger partial charge >= 0.3 is 6.18 Å². The van der Waals surface area contributed by atoms with E-state index in [2.05, 4.69) is 5.48 Å². The average molecular weight is 318 g/mol. The summed E-state index contributed by atoms with van der Waals surface area (Å²) < 4.78 is 42.7. The fourth-order valence-electron chi connectivity index (χ4n) is 1.72. The monoisotopic (exact) mass is 318 g/mol. The molecular formula is C15H21F3N2O2. The van der Waals surface area contributed by atoms with Crippen LogP contribution in [-0.2, 0) is 15.8 Å². The number of hydrogen-bond acceptors (Lipinski definition) is 4. The van der Waals surface area contributed by atoms with Crippen molar-refractivity contribution in [2.24, 2.45) is 5.73 Å². The van der Waals surface area contributed by atoms with Crippen LogP contribution in [0.5, 0.6) is 0 Å².